The number of hydrogen-bond donors (Lipinski definition) is 1. The van der Waals surface area contributed by atoms with Crippen molar-refractivity contribution in [3.63, 3.8) is 0 Å². The van der Waals surface area contributed by atoms with Crippen LogP contribution in [0.4, 0.5) is 0 Å². The van der Waals surface area contributed by atoms with E-state index in [1.54, 1.807) is 25.2 Å². The van der Waals surface area contributed by atoms with Gasteiger partial charge in [-0.25, -0.2) is 4.79 Å². The molecule has 126 valence electrons. The monoisotopic (exact) mass is 368 g/mol. The molecular weight excluding hydrogens is 355 g/mol. The van der Waals surface area contributed by atoms with Gasteiger partial charge in [0, 0.05) is 19.8 Å². The number of nitrogens with zero attached hydrogens (tertiary/aromatic N) is 1. The Balaban J connectivity index is 1.92. The summed E-state index contributed by atoms with van der Waals surface area (Å²) in [6, 6.07) is 7.86. The van der Waals surface area contributed by atoms with E-state index in [0.717, 1.165) is 5.56 Å². The average Bonchev–Trinajstić information content (AvgIpc) is 2.56. The number of likely N-dealkylation sites (N-methyl/N-ethyl adjacent to an activating group) is 1. The van der Waals surface area contributed by atoms with Crippen LogP contribution in [0.2, 0.25) is 10.0 Å². The number of benzene rings is 1. The van der Waals surface area contributed by atoms with Crippen LogP contribution >= 0.6 is 23.2 Å². The van der Waals surface area contributed by atoms with Crippen LogP contribution in [0.15, 0.2) is 41.3 Å². The van der Waals surface area contributed by atoms with Gasteiger partial charge in [0.1, 0.15) is 5.56 Å². The van der Waals surface area contributed by atoms with Gasteiger partial charge < -0.3 is 14.6 Å². The maximum atomic E-state index is 12.0. The first-order valence-electron chi connectivity index (χ1n) is 6.91. The van der Waals surface area contributed by atoms with Crippen molar-refractivity contribution in [3.8, 4) is 0 Å². The number of carbonyl (C=O) groups excluding carboxylic acids is 2. The summed E-state index contributed by atoms with van der Waals surface area (Å²) in [5.41, 5.74) is 0.0580. The van der Waals surface area contributed by atoms with Gasteiger partial charge in [-0.05, 0) is 29.8 Å². The Morgan fingerprint density at radius 2 is 1.96 bits per heavy atom. The fourth-order valence-electron chi connectivity index (χ4n) is 1.90. The van der Waals surface area contributed by atoms with Gasteiger partial charge in [-0.2, -0.15) is 0 Å². The van der Waals surface area contributed by atoms with E-state index in [4.69, 9.17) is 27.9 Å². The van der Waals surface area contributed by atoms with Gasteiger partial charge in [0.15, 0.2) is 6.61 Å². The fourth-order valence-corrected chi connectivity index (χ4v) is 2.22. The number of ether oxygens (including phenoxy) is 1. The molecule has 1 aromatic carbocycles. The molecule has 0 radical (unpaired) electrons. The average molecular weight is 369 g/mol. The summed E-state index contributed by atoms with van der Waals surface area (Å²) in [7, 11) is 1.56. The summed E-state index contributed by atoms with van der Waals surface area (Å²) in [6.07, 6.45) is 1.40. The molecule has 0 unspecified atom stereocenters. The van der Waals surface area contributed by atoms with Crippen molar-refractivity contribution in [2.45, 2.75) is 6.54 Å². The lowest BCUT2D eigenvalue weighted by Gasteiger charge is -2.17. The summed E-state index contributed by atoms with van der Waals surface area (Å²) < 4.78 is 4.88. The number of aromatic nitrogens is 1. The lowest BCUT2D eigenvalue weighted by molar-refractivity contribution is -0.133. The molecule has 1 aromatic heterocycles. The van der Waals surface area contributed by atoms with Gasteiger partial charge in [-0.15, -0.1) is 0 Å². The number of nitrogens with one attached hydrogen (secondary N) is 1. The quantitative estimate of drug-likeness (QED) is 0.822. The summed E-state index contributed by atoms with van der Waals surface area (Å²) in [6.45, 7) is -0.190. The van der Waals surface area contributed by atoms with E-state index in [9.17, 15) is 14.4 Å². The van der Waals surface area contributed by atoms with Gasteiger partial charge in [0.05, 0.1) is 10.0 Å². The third kappa shape index (κ3) is 4.59. The molecule has 1 heterocycles. The minimum Gasteiger partial charge on any atom is -0.452 e. The number of hydrogen-bond acceptors (Lipinski definition) is 4. The Hall–Kier alpha value is -2.31. The highest BCUT2D eigenvalue weighted by Gasteiger charge is 2.16. The molecule has 8 heteroatoms. The minimum atomic E-state index is -0.854. The van der Waals surface area contributed by atoms with Gasteiger partial charge in [-0.3, -0.25) is 9.59 Å². The number of aromatic amines is 1. The first kappa shape index (κ1) is 18.0. The van der Waals surface area contributed by atoms with Crippen LogP contribution in [0, 0.1) is 0 Å². The van der Waals surface area contributed by atoms with Gasteiger partial charge in [0.25, 0.3) is 11.5 Å². The van der Waals surface area contributed by atoms with E-state index in [1.807, 2.05) is 0 Å². The second-order valence-electron chi connectivity index (χ2n) is 4.99. The van der Waals surface area contributed by atoms with Crippen molar-refractivity contribution in [2.24, 2.45) is 0 Å². The molecule has 0 saturated heterocycles. The lowest BCUT2D eigenvalue weighted by Crippen LogP contribution is -2.31. The molecule has 0 aliphatic rings. The van der Waals surface area contributed by atoms with E-state index in [2.05, 4.69) is 4.98 Å². The molecule has 1 N–H and O–H groups in total. The number of pyridine rings is 1. The Morgan fingerprint density at radius 3 is 2.62 bits per heavy atom. The molecule has 1 amide bonds. The summed E-state index contributed by atoms with van der Waals surface area (Å²) in [5.74, 6) is -1.27. The predicted molar refractivity (Wildman–Crippen MR) is 90.3 cm³/mol. The number of halogens is 2. The van der Waals surface area contributed by atoms with Crippen LogP contribution in [0.1, 0.15) is 15.9 Å². The van der Waals surface area contributed by atoms with Gasteiger partial charge in [0.2, 0.25) is 0 Å². The zero-order valence-electron chi connectivity index (χ0n) is 12.7. The standard InChI is InChI=1S/C16H14Cl2N2O4/c1-20(8-10-4-5-12(17)13(18)7-10)14(21)9-24-16(23)11-3-2-6-19-15(11)22/h2-7H,8-9H2,1H3,(H,19,22). The Morgan fingerprint density at radius 1 is 1.21 bits per heavy atom. The Labute approximate surface area is 147 Å². The second-order valence-corrected chi connectivity index (χ2v) is 5.80. The van der Waals surface area contributed by atoms with Crippen LogP contribution in [-0.4, -0.2) is 35.4 Å². The van der Waals surface area contributed by atoms with E-state index < -0.39 is 24.0 Å². The first-order valence-corrected chi connectivity index (χ1v) is 7.67. The maximum absolute atomic E-state index is 12.0. The maximum Gasteiger partial charge on any atom is 0.344 e. The van der Waals surface area contributed by atoms with Crippen molar-refractivity contribution in [3.05, 3.63) is 68.1 Å². The normalized spacial score (nSPS) is 10.3. The SMILES string of the molecule is CN(Cc1ccc(Cl)c(Cl)c1)C(=O)COC(=O)c1ccc[nH]c1=O. The molecular formula is C16H14Cl2N2O4. The van der Waals surface area contributed by atoms with Crippen LogP contribution in [0.5, 0.6) is 0 Å². The number of H-pyrrole nitrogens is 1. The minimum absolute atomic E-state index is 0.155. The number of esters is 1. The van der Waals surface area contributed by atoms with Crippen LogP contribution in [-0.2, 0) is 16.1 Å². The van der Waals surface area contributed by atoms with Crippen molar-refractivity contribution < 1.29 is 14.3 Å². The molecule has 6 nitrogen and oxygen atoms in total. The fraction of sp³-hybridized carbons (Fsp3) is 0.188. The molecule has 0 fully saturated rings. The lowest BCUT2D eigenvalue weighted by atomic mass is 10.2. The van der Waals surface area contributed by atoms with E-state index >= 15 is 0 Å². The third-order valence-electron chi connectivity index (χ3n) is 3.19. The zero-order chi connectivity index (χ0) is 17.7. The number of carbonyl (C=O) groups is 2. The van der Waals surface area contributed by atoms with E-state index in [1.165, 1.54) is 23.2 Å². The smallest absolute Gasteiger partial charge is 0.344 e. The van der Waals surface area contributed by atoms with E-state index in [-0.39, 0.29) is 12.1 Å². The van der Waals surface area contributed by atoms with Crippen molar-refractivity contribution in [1.82, 2.24) is 9.88 Å². The van der Waals surface area contributed by atoms with Crippen molar-refractivity contribution >= 4 is 35.1 Å². The molecule has 0 saturated carbocycles. The summed E-state index contributed by atoms with van der Waals surface area (Å²) in [5, 5.41) is 0.821. The van der Waals surface area contributed by atoms with Gasteiger partial charge in [-0.1, -0.05) is 29.3 Å². The molecule has 0 atom stereocenters. The highest BCUT2D eigenvalue weighted by molar-refractivity contribution is 6.42. The molecule has 2 aromatic rings. The molecule has 0 spiro atoms. The highest BCUT2D eigenvalue weighted by atomic mass is 35.5. The zero-order valence-corrected chi connectivity index (χ0v) is 14.2. The Kier molecular flexibility index (Phi) is 6.00. The highest BCUT2D eigenvalue weighted by Crippen LogP contribution is 2.23. The van der Waals surface area contributed by atoms with Crippen LogP contribution in [0.25, 0.3) is 0 Å². The molecule has 0 aliphatic carbocycles. The molecule has 2 rings (SSSR count). The van der Waals surface area contributed by atoms with Crippen molar-refractivity contribution in [2.75, 3.05) is 13.7 Å². The molecule has 0 bridgehead atoms. The number of rotatable bonds is 5. The van der Waals surface area contributed by atoms with E-state index in [0.29, 0.717) is 10.0 Å². The Bertz CT molecular complexity index is 820. The second kappa shape index (κ2) is 7.99. The molecule has 24 heavy (non-hydrogen) atoms. The van der Waals surface area contributed by atoms with Crippen molar-refractivity contribution in [1.29, 1.82) is 0 Å². The number of amides is 1. The molecule has 0 aliphatic heterocycles. The third-order valence-corrected chi connectivity index (χ3v) is 3.93. The summed E-state index contributed by atoms with van der Waals surface area (Å²) in [4.78, 5) is 39.0. The topological polar surface area (TPSA) is 79.5 Å². The predicted octanol–water partition coefficient (Wildman–Crippen LogP) is 2.50. The summed E-state index contributed by atoms with van der Waals surface area (Å²) >= 11 is 11.8. The van der Waals surface area contributed by atoms with Crippen LogP contribution < -0.4 is 5.56 Å². The van der Waals surface area contributed by atoms with Gasteiger partial charge >= 0.3 is 5.97 Å². The van der Waals surface area contributed by atoms with Crippen LogP contribution in [0.3, 0.4) is 0 Å². The largest absolute Gasteiger partial charge is 0.452 e. The first-order chi connectivity index (χ1) is 11.4.